The van der Waals surface area contributed by atoms with Crippen LogP contribution < -0.4 is 9.62 Å². The summed E-state index contributed by atoms with van der Waals surface area (Å²) in [4.78, 5) is 12.7. The molecule has 144 valence electrons. The number of nitrogens with zero attached hydrogens (tertiary/aromatic N) is 1. The fourth-order valence-corrected chi connectivity index (χ4v) is 4.36. The van der Waals surface area contributed by atoms with Gasteiger partial charge >= 0.3 is 0 Å². The lowest BCUT2D eigenvalue weighted by Crippen LogP contribution is -2.53. The summed E-state index contributed by atoms with van der Waals surface area (Å²) in [6.45, 7) is 1.50. The lowest BCUT2D eigenvalue weighted by Gasteiger charge is -2.43. The number of carbonyl (C=O) groups excluding carboxylic acids is 1. The van der Waals surface area contributed by atoms with Crippen molar-refractivity contribution in [2.45, 2.75) is 31.7 Å². The molecule has 1 aliphatic carbocycles. The molecule has 0 unspecified atom stereocenters. The molecule has 0 radical (unpaired) electrons. The van der Waals surface area contributed by atoms with Crippen LogP contribution in [0, 0.1) is 12.7 Å². The van der Waals surface area contributed by atoms with Crippen LogP contribution in [0.5, 0.6) is 0 Å². The van der Waals surface area contributed by atoms with Gasteiger partial charge < -0.3 is 5.32 Å². The molecular formula is C20H23FN2O3S. The van der Waals surface area contributed by atoms with Crippen molar-refractivity contribution in [1.82, 2.24) is 5.32 Å². The first kappa shape index (κ1) is 19.4. The Kier molecular flexibility index (Phi) is 5.24. The second kappa shape index (κ2) is 7.31. The summed E-state index contributed by atoms with van der Waals surface area (Å²) in [5, 5.41) is 2.99. The third kappa shape index (κ3) is 4.13. The number of anilines is 1. The van der Waals surface area contributed by atoms with Gasteiger partial charge in [-0.3, -0.25) is 9.10 Å². The number of sulfonamides is 1. The van der Waals surface area contributed by atoms with Gasteiger partial charge in [0, 0.05) is 0 Å². The Bertz CT molecular complexity index is 938. The van der Waals surface area contributed by atoms with E-state index in [0.29, 0.717) is 5.69 Å². The van der Waals surface area contributed by atoms with E-state index >= 15 is 0 Å². The molecule has 0 heterocycles. The van der Waals surface area contributed by atoms with Gasteiger partial charge in [0.2, 0.25) is 15.9 Å². The van der Waals surface area contributed by atoms with Crippen LogP contribution in [0.1, 0.15) is 30.4 Å². The first-order chi connectivity index (χ1) is 12.7. The fourth-order valence-electron chi connectivity index (χ4n) is 3.45. The minimum absolute atomic E-state index is 0.299. The van der Waals surface area contributed by atoms with E-state index in [0.717, 1.165) is 41.0 Å². The Hall–Kier alpha value is -2.41. The number of hydrogen-bond acceptors (Lipinski definition) is 3. The molecule has 3 rings (SSSR count). The number of benzene rings is 2. The molecule has 0 saturated heterocycles. The normalized spacial score (nSPS) is 15.7. The predicted molar refractivity (Wildman–Crippen MR) is 103 cm³/mol. The zero-order chi connectivity index (χ0) is 19.7. The molecule has 5 nitrogen and oxygen atoms in total. The van der Waals surface area contributed by atoms with Crippen molar-refractivity contribution in [2.75, 3.05) is 17.1 Å². The fraction of sp³-hybridized carbons (Fsp3) is 0.350. The van der Waals surface area contributed by atoms with Crippen molar-refractivity contribution in [3.8, 4) is 0 Å². The standard InChI is InChI=1S/C20H23FN2O3S/c1-15-6-3-4-7-18(15)23(27(2,25)26)14-19(24)22-20(12-5-13-20)16-8-10-17(21)11-9-16/h3-4,6-11H,5,12-14H2,1-2H3,(H,22,24). The smallest absolute Gasteiger partial charge is 0.241 e. The largest absolute Gasteiger partial charge is 0.345 e. The number of halogens is 1. The number of amides is 1. The van der Waals surface area contributed by atoms with Crippen LogP contribution in [-0.4, -0.2) is 27.1 Å². The van der Waals surface area contributed by atoms with Crippen LogP contribution in [-0.2, 0) is 20.4 Å². The van der Waals surface area contributed by atoms with Gasteiger partial charge in [-0.15, -0.1) is 0 Å². The molecule has 2 aromatic carbocycles. The monoisotopic (exact) mass is 390 g/mol. The van der Waals surface area contributed by atoms with Crippen molar-refractivity contribution >= 4 is 21.6 Å². The summed E-state index contributed by atoms with van der Waals surface area (Å²) in [5.41, 5.74) is 1.54. The van der Waals surface area contributed by atoms with E-state index in [1.807, 2.05) is 6.07 Å². The van der Waals surface area contributed by atoms with Crippen LogP contribution in [0.2, 0.25) is 0 Å². The first-order valence-electron chi connectivity index (χ1n) is 8.82. The molecule has 0 spiro atoms. The highest BCUT2D eigenvalue weighted by Gasteiger charge is 2.40. The van der Waals surface area contributed by atoms with Crippen molar-refractivity contribution in [2.24, 2.45) is 0 Å². The zero-order valence-electron chi connectivity index (χ0n) is 15.4. The average molecular weight is 390 g/mol. The number of hydrogen-bond donors (Lipinski definition) is 1. The Morgan fingerprint density at radius 3 is 2.30 bits per heavy atom. The third-order valence-corrected chi connectivity index (χ3v) is 6.18. The van der Waals surface area contributed by atoms with Crippen molar-refractivity contribution in [1.29, 1.82) is 0 Å². The van der Waals surface area contributed by atoms with Crippen molar-refractivity contribution in [3.05, 3.63) is 65.5 Å². The number of para-hydroxylation sites is 1. The number of rotatable bonds is 6. The van der Waals surface area contributed by atoms with Crippen LogP contribution in [0.4, 0.5) is 10.1 Å². The summed E-state index contributed by atoms with van der Waals surface area (Å²) in [6.07, 6.45) is 3.53. The second-order valence-corrected chi connectivity index (χ2v) is 8.95. The van der Waals surface area contributed by atoms with E-state index in [4.69, 9.17) is 0 Å². The van der Waals surface area contributed by atoms with Crippen LogP contribution in [0.3, 0.4) is 0 Å². The molecule has 0 bridgehead atoms. The highest BCUT2D eigenvalue weighted by atomic mass is 32.2. The Morgan fingerprint density at radius 2 is 1.78 bits per heavy atom. The van der Waals surface area contributed by atoms with Crippen LogP contribution in [0.15, 0.2) is 48.5 Å². The van der Waals surface area contributed by atoms with E-state index in [2.05, 4.69) is 5.32 Å². The first-order valence-corrected chi connectivity index (χ1v) is 10.7. The number of aryl methyl sites for hydroxylation is 1. The van der Waals surface area contributed by atoms with Gasteiger partial charge in [0.05, 0.1) is 17.5 Å². The number of carbonyl (C=O) groups is 1. The van der Waals surface area contributed by atoms with E-state index in [1.165, 1.54) is 12.1 Å². The zero-order valence-corrected chi connectivity index (χ0v) is 16.2. The predicted octanol–water partition coefficient (Wildman–Crippen LogP) is 3.10. The molecule has 7 heteroatoms. The molecule has 1 N–H and O–H groups in total. The van der Waals surface area contributed by atoms with Gasteiger partial charge in [0.15, 0.2) is 0 Å². The van der Waals surface area contributed by atoms with E-state index in [1.54, 1.807) is 37.3 Å². The molecule has 1 saturated carbocycles. The van der Waals surface area contributed by atoms with Crippen molar-refractivity contribution < 1.29 is 17.6 Å². The highest BCUT2D eigenvalue weighted by molar-refractivity contribution is 7.92. The van der Waals surface area contributed by atoms with Gasteiger partial charge in [-0.25, -0.2) is 12.8 Å². The molecule has 1 fully saturated rings. The molecule has 1 amide bonds. The SMILES string of the molecule is Cc1ccccc1N(CC(=O)NC1(c2ccc(F)cc2)CCC1)S(C)(=O)=O. The lowest BCUT2D eigenvalue weighted by atomic mass is 9.72. The molecule has 27 heavy (non-hydrogen) atoms. The molecule has 1 aliphatic rings. The van der Waals surface area contributed by atoms with E-state index < -0.39 is 15.6 Å². The summed E-state index contributed by atoms with van der Waals surface area (Å²) in [6, 6.07) is 13.1. The summed E-state index contributed by atoms with van der Waals surface area (Å²) in [7, 11) is -3.63. The van der Waals surface area contributed by atoms with E-state index in [-0.39, 0.29) is 18.3 Å². The topological polar surface area (TPSA) is 66.5 Å². The minimum Gasteiger partial charge on any atom is -0.345 e. The van der Waals surface area contributed by atoms with E-state index in [9.17, 15) is 17.6 Å². The van der Waals surface area contributed by atoms with Crippen LogP contribution >= 0.6 is 0 Å². The van der Waals surface area contributed by atoms with Gasteiger partial charge in [-0.2, -0.15) is 0 Å². The van der Waals surface area contributed by atoms with Gasteiger partial charge in [0.25, 0.3) is 0 Å². The molecule has 0 aliphatic heterocycles. The Balaban J connectivity index is 1.82. The molecule has 2 aromatic rings. The van der Waals surface area contributed by atoms with Gasteiger partial charge in [0.1, 0.15) is 12.4 Å². The maximum atomic E-state index is 13.2. The maximum absolute atomic E-state index is 13.2. The van der Waals surface area contributed by atoms with Gasteiger partial charge in [-0.05, 0) is 55.5 Å². The summed E-state index contributed by atoms with van der Waals surface area (Å²) >= 11 is 0. The maximum Gasteiger partial charge on any atom is 0.241 e. The average Bonchev–Trinajstić information content (AvgIpc) is 2.57. The molecule has 0 aromatic heterocycles. The second-order valence-electron chi connectivity index (χ2n) is 7.05. The lowest BCUT2D eigenvalue weighted by molar-refractivity contribution is -0.122. The Labute approximate surface area is 159 Å². The molecular weight excluding hydrogens is 367 g/mol. The third-order valence-electron chi connectivity index (χ3n) is 5.05. The molecule has 0 atom stereocenters. The Morgan fingerprint density at radius 1 is 1.15 bits per heavy atom. The minimum atomic E-state index is -3.63. The quantitative estimate of drug-likeness (QED) is 0.824. The highest BCUT2D eigenvalue weighted by Crippen LogP contribution is 2.41. The summed E-state index contributed by atoms with van der Waals surface area (Å²) in [5.74, 6) is -0.713. The van der Waals surface area contributed by atoms with Gasteiger partial charge in [-0.1, -0.05) is 30.3 Å². The van der Waals surface area contributed by atoms with Crippen molar-refractivity contribution in [3.63, 3.8) is 0 Å². The summed E-state index contributed by atoms with van der Waals surface area (Å²) < 4.78 is 38.9. The van der Waals surface area contributed by atoms with Crippen LogP contribution in [0.25, 0.3) is 0 Å². The number of nitrogens with one attached hydrogen (secondary N) is 1.